The fourth-order valence-electron chi connectivity index (χ4n) is 3.61. The summed E-state index contributed by atoms with van der Waals surface area (Å²) in [4.78, 5) is 32.9. The van der Waals surface area contributed by atoms with Gasteiger partial charge in [-0.2, -0.15) is 0 Å². The van der Waals surface area contributed by atoms with E-state index in [4.69, 9.17) is 4.74 Å². The maximum absolute atomic E-state index is 12.3. The zero-order chi connectivity index (χ0) is 18.8. The van der Waals surface area contributed by atoms with Crippen LogP contribution in [0.4, 0.5) is 10.5 Å². The summed E-state index contributed by atoms with van der Waals surface area (Å²) in [6, 6.07) is 9.88. The van der Waals surface area contributed by atoms with Crippen molar-refractivity contribution in [2.24, 2.45) is 0 Å². The quantitative estimate of drug-likeness (QED) is 0.696. The zero-order valence-corrected chi connectivity index (χ0v) is 15.2. The number of hydrogen-bond donors (Lipinski definition) is 2. The zero-order valence-electron chi connectivity index (χ0n) is 15.2. The molecule has 0 unspecified atom stereocenters. The van der Waals surface area contributed by atoms with Crippen LogP contribution in [-0.2, 0) is 4.74 Å². The number of aromatic nitrogens is 2. The third-order valence-corrected chi connectivity index (χ3v) is 4.99. The maximum atomic E-state index is 12.3. The number of amides is 1. The van der Waals surface area contributed by atoms with Gasteiger partial charge in [0.15, 0.2) is 0 Å². The van der Waals surface area contributed by atoms with E-state index in [1.807, 2.05) is 37.3 Å². The van der Waals surface area contributed by atoms with Crippen LogP contribution < -0.4 is 10.9 Å². The molecule has 0 radical (unpaired) electrons. The van der Waals surface area contributed by atoms with E-state index in [2.05, 4.69) is 15.3 Å². The van der Waals surface area contributed by atoms with Gasteiger partial charge in [0.1, 0.15) is 5.65 Å². The van der Waals surface area contributed by atoms with Gasteiger partial charge in [-0.25, -0.2) is 9.78 Å². The van der Waals surface area contributed by atoms with E-state index in [0.29, 0.717) is 30.7 Å². The highest BCUT2D eigenvalue weighted by Crippen LogP contribution is 2.25. The molecule has 1 amide bonds. The number of nitrogens with one attached hydrogen (secondary N) is 2. The van der Waals surface area contributed by atoms with Crippen molar-refractivity contribution in [1.82, 2.24) is 14.9 Å². The average Bonchev–Trinajstić information content (AvgIpc) is 2.69. The number of pyridine rings is 2. The Kier molecular flexibility index (Phi) is 4.66. The van der Waals surface area contributed by atoms with Crippen LogP contribution in [0.1, 0.15) is 19.8 Å². The molecule has 1 aliphatic heterocycles. The minimum absolute atomic E-state index is 0.134. The second-order valence-electron chi connectivity index (χ2n) is 6.72. The first-order valence-electron chi connectivity index (χ1n) is 9.24. The van der Waals surface area contributed by atoms with Crippen molar-refractivity contribution in [3.05, 3.63) is 46.9 Å². The van der Waals surface area contributed by atoms with Gasteiger partial charge >= 0.3 is 6.09 Å². The van der Waals surface area contributed by atoms with Crippen molar-refractivity contribution < 1.29 is 9.53 Å². The van der Waals surface area contributed by atoms with E-state index >= 15 is 0 Å². The minimum atomic E-state index is -0.236. The Labute approximate surface area is 156 Å². The Balaban J connectivity index is 1.54. The Morgan fingerprint density at radius 2 is 2.07 bits per heavy atom. The summed E-state index contributed by atoms with van der Waals surface area (Å²) in [6.45, 7) is 3.57. The first-order valence-corrected chi connectivity index (χ1v) is 9.24. The SMILES string of the molecule is CCOC(=O)N1CCC(Nc2ccc3c(=O)[nH]c4ncccc4c3c2)CC1. The van der Waals surface area contributed by atoms with E-state index in [9.17, 15) is 9.59 Å². The number of benzene rings is 1. The first kappa shape index (κ1) is 17.3. The van der Waals surface area contributed by atoms with Gasteiger partial charge in [0.05, 0.1) is 6.61 Å². The fraction of sp³-hybridized carbons (Fsp3) is 0.350. The predicted molar refractivity (Wildman–Crippen MR) is 105 cm³/mol. The Hall–Kier alpha value is -3.09. The van der Waals surface area contributed by atoms with Crippen LogP contribution in [0.3, 0.4) is 0 Å². The normalized spacial score (nSPS) is 15.2. The van der Waals surface area contributed by atoms with Gasteiger partial charge < -0.3 is 19.9 Å². The predicted octanol–water partition coefficient (Wildman–Crippen LogP) is 3.11. The molecule has 0 bridgehead atoms. The summed E-state index contributed by atoms with van der Waals surface area (Å²) in [5.41, 5.74) is 1.42. The Morgan fingerprint density at radius 1 is 1.26 bits per heavy atom. The molecule has 27 heavy (non-hydrogen) atoms. The standard InChI is InChI=1S/C20H22N4O3/c1-2-27-20(26)24-10-7-13(8-11-24)22-14-5-6-16-17(12-14)15-4-3-9-21-18(15)23-19(16)25/h3-6,9,12-13,22H,2,7-8,10-11H2,1H3,(H,21,23,25). The van der Waals surface area contributed by atoms with Gasteiger partial charge in [-0.1, -0.05) is 0 Å². The molecule has 1 aliphatic rings. The summed E-state index contributed by atoms with van der Waals surface area (Å²) in [5, 5.41) is 6.00. The molecule has 0 spiro atoms. The molecular formula is C20H22N4O3. The van der Waals surface area contributed by atoms with Crippen LogP contribution in [0.2, 0.25) is 0 Å². The lowest BCUT2D eigenvalue weighted by Gasteiger charge is -2.32. The molecule has 7 nitrogen and oxygen atoms in total. The highest BCUT2D eigenvalue weighted by atomic mass is 16.6. The number of H-pyrrole nitrogens is 1. The molecule has 4 rings (SSSR count). The minimum Gasteiger partial charge on any atom is -0.450 e. The number of aromatic amines is 1. The molecule has 3 heterocycles. The van der Waals surface area contributed by atoms with Crippen molar-refractivity contribution in [3.8, 4) is 0 Å². The molecule has 1 saturated heterocycles. The second-order valence-corrected chi connectivity index (χ2v) is 6.72. The summed E-state index contributed by atoms with van der Waals surface area (Å²) < 4.78 is 5.06. The van der Waals surface area contributed by atoms with E-state index < -0.39 is 0 Å². The van der Waals surface area contributed by atoms with E-state index in [-0.39, 0.29) is 17.7 Å². The number of rotatable bonds is 3. The largest absolute Gasteiger partial charge is 0.450 e. The number of likely N-dealkylation sites (tertiary alicyclic amines) is 1. The lowest BCUT2D eigenvalue weighted by molar-refractivity contribution is 0.0983. The summed E-state index contributed by atoms with van der Waals surface area (Å²) in [6.07, 6.45) is 3.15. The molecule has 0 saturated carbocycles. The van der Waals surface area contributed by atoms with Crippen LogP contribution in [0.25, 0.3) is 21.8 Å². The van der Waals surface area contributed by atoms with Crippen LogP contribution in [0.15, 0.2) is 41.3 Å². The molecule has 0 aliphatic carbocycles. The molecular weight excluding hydrogens is 344 g/mol. The lowest BCUT2D eigenvalue weighted by atomic mass is 10.0. The molecule has 1 fully saturated rings. The number of nitrogens with zero attached hydrogens (tertiary/aromatic N) is 2. The van der Waals surface area contributed by atoms with Gasteiger partial charge in [0.25, 0.3) is 5.56 Å². The lowest BCUT2D eigenvalue weighted by Crippen LogP contribution is -2.42. The summed E-state index contributed by atoms with van der Waals surface area (Å²) in [5.74, 6) is 0. The monoisotopic (exact) mass is 366 g/mol. The van der Waals surface area contributed by atoms with Crippen LogP contribution in [0, 0.1) is 0 Å². The van der Waals surface area contributed by atoms with Gasteiger partial charge in [0, 0.05) is 47.2 Å². The number of piperidine rings is 1. The highest BCUT2D eigenvalue weighted by Gasteiger charge is 2.23. The van der Waals surface area contributed by atoms with Crippen LogP contribution in [0.5, 0.6) is 0 Å². The maximum Gasteiger partial charge on any atom is 0.409 e. The molecule has 3 aromatic rings. The average molecular weight is 366 g/mol. The third-order valence-electron chi connectivity index (χ3n) is 4.99. The van der Waals surface area contributed by atoms with Gasteiger partial charge in [-0.3, -0.25) is 4.79 Å². The molecule has 7 heteroatoms. The molecule has 0 atom stereocenters. The van der Waals surface area contributed by atoms with Gasteiger partial charge in [0.2, 0.25) is 0 Å². The Bertz CT molecular complexity index is 1040. The van der Waals surface area contributed by atoms with Crippen molar-refractivity contribution in [1.29, 1.82) is 0 Å². The summed E-state index contributed by atoms with van der Waals surface area (Å²) in [7, 11) is 0. The Morgan fingerprint density at radius 3 is 2.85 bits per heavy atom. The molecule has 1 aromatic carbocycles. The van der Waals surface area contributed by atoms with E-state index in [0.717, 1.165) is 29.3 Å². The van der Waals surface area contributed by atoms with Gasteiger partial charge in [-0.15, -0.1) is 0 Å². The number of carbonyl (C=O) groups excluding carboxylic acids is 1. The topological polar surface area (TPSA) is 87.3 Å². The highest BCUT2D eigenvalue weighted by molar-refractivity contribution is 6.05. The van der Waals surface area contributed by atoms with Crippen molar-refractivity contribution in [3.63, 3.8) is 0 Å². The van der Waals surface area contributed by atoms with Crippen molar-refractivity contribution in [2.45, 2.75) is 25.8 Å². The van der Waals surface area contributed by atoms with E-state index in [1.54, 1.807) is 11.1 Å². The first-order chi connectivity index (χ1) is 13.2. The summed E-state index contributed by atoms with van der Waals surface area (Å²) >= 11 is 0. The molecule has 2 aromatic heterocycles. The molecule has 2 N–H and O–H groups in total. The van der Waals surface area contributed by atoms with Gasteiger partial charge in [-0.05, 0) is 50.1 Å². The van der Waals surface area contributed by atoms with Crippen molar-refractivity contribution in [2.75, 3.05) is 25.0 Å². The van der Waals surface area contributed by atoms with Crippen molar-refractivity contribution >= 4 is 33.6 Å². The van der Waals surface area contributed by atoms with Crippen LogP contribution >= 0.6 is 0 Å². The third kappa shape index (κ3) is 3.45. The number of ether oxygens (including phenoxy) is 1. The number of carbonyl (C=O) groups is 1. The van der Waals surface area contributed by atoms with Crippen LogP contribution in [-0.4, -0.2) is 46.7 Å². The van der Waals surface area contributed by atoms with E-state index in [1.165, 1.54) is 0 Å². The smallest absolute Gasteiger partial charge is 0.409 e. The fourth-order valence-corrected chi connectivity index (χ4v) is 3.61. The number of fused-ring (bicyclic) bond motifs is 3. The number of anilines is 1. The number of hydrogen-bond acceptors (Lipinski definition) is 5. The molecule has 140 valence electrons. The second kappa shape index (κ2) is 7.26.